The molecule has 0 atom stereocenters. The molecule has 1 aromatic carbocycles. The lowest BCUT2D eigenvalue weighted by Gasteiger charge is -2.34. The highest BCUT2D eigenvalue weighted by Gasteiger charge is 2.21. The van der Waals surface area contributed by atoms with E-state index in [1.54, 1.807) is 0 Å². The molecule has 0 fully saturated rings. The fourth-order valence-corrected chi connectivity index (χ4v) is 2.26. The zero-order chi connectivity index (χ0) is 14.5. The summed E-state index contributed by atoms with van der Waals surface area (Å²) in [6.07, 6.45) is 0. The van der Waals surface area contributed by atoms with E-state index in [1.807, 2.05) is 0 Å². The Labute approximate surface area is 119 Å². The molecular formula is C17H30N2. The average Bonchev–Trinajstić information content (AvgIpc) is 2.34. The Morgan fingerprint density at radius 1 is 1.26 bits per heavy atom. The van der Waals surface area contributed by atoms with Crippen molar-refractivity contribution in [2.24, 2.45) is 5.41 Å². The summed E-state index contributed by atoms with van der Waals surface area (Å²) in [5.74, 6) is 0. The molecule has 0 saturated heterocycles. The molecule has 0 aliphatic heterocycles. The molecule has 0 spiro atoms. The van der Waals surface area contributed by atoms with E-state index in [9.17, 15) is 0 Å². The Morgan fingerprint density at radius 3 is 2.47 bits per heavy atom. The van der Waals surface area contributed by atoms with Crippen LogP contribution >= 0.6 is 0 Å². The van der Waals surface area contributed by atoms with Crippen molar-refractivity contribution in [2.75, 3.05) is 24.5 Å². The molecule has 0 bridgehead atoms. The largest absolute Gasteiger partial charge is 0.371 e. The molecule has 19 heavy (non-hydrogen) atoms. The van der Waals surface area contributed by atoms with Crippen LogP contribution in [0.5, 0.6) is 0 Å². The minimum Gasteiger partial charge on any atom is -0.371 e. The number of benzene rings is 1. The number of anilines is 1. The van der Waals surface area contributed by atoms with Gasteiger partial charge in [0.1, 0.15) is 0 Å². The minimum absolute atomic E-state index is 0.268. The molecule has 0 aliphatic rings. The van der Waals surface area contributed by atoms with E-state index < -0.39 is 0 Å². The van der Waals surface area contributed by atoms with E-state index in [0.29, 0.717) is 6.04 Å². The van der Waals surface area contributed by atoms with Gasteiger partial charge in [0.2, 0.25) is 0 Å². The van der Waals surface area contributed by atoms with Crippen LogP contribution in [0.15, 0.2) is 24.3 Å². The summed E-state index contributed by atoms with van der Waals surface area (Å²) in [5.41, 5.74) is 2.93. The standard InChI is InChI=1S/C17H30N2/c1-7-19(16-10-8-9-15(4)11-16)13-17(5,6)12-18-14(2)3/h8-11,14,18H,7,12-13H2,1-6H3. The highest BCUT2D eigenvalue weighted by Crippen LogP contribution is 2.22. The zero-order valence-electron chi connectivity index (χ0n) is 13.5. The molecule has 1 N–H and O–H groups in total. The summed E-state index contributed by atoms with van der Waals surface area (Å²) in [7, 11) is 0. The van der Waals surface area contributed by atoms with Gasteiger partial charge in [0.25, 0.3) is 0 Å². The molecule has 0 aliphatic carbocycles. The first-order valence-electron chi connectivity index (χ1n) is 7.39. The summed E-state index contributed by atoms with van der Waals surface area (Å²) >= 11 is 0. The Bertz CT molecular complexity index is 383. The summed E-state index contributed by atoms with van der Waals surface area (Å²) in [6, 6.07) is 9.33. The van der Waals surface area contributed by atoms with E-state index >= 15 is 0 Å². The first-order chi connectivity index (χ1) is 8.84. The molecule has 0 saturated carbocycles. The third-order valence-corrected chi connectivity index (χ3v) is 3.36. The molecule has 1 rings (SSSR count). The van der Waals surface area contributed by atoms with Gasteiger partial charge in [-0.2, -0.15) is 0 Å². The average molecular weight is 262 g/mol. The van der Waals surface area contributed by atoms with Crippen LogP contribution < -0.4 is 10.2 Å². The van der Waals surface area contributed by atoms with Gasteiger partial charge < -0.3 is 10.2 Å². The number of aryl methyl sites for hydroxylation is 1. The summed E-state index contributed by atoms with van der Waals surface area (Å²) < 4.78 is 0. The molecule has 1 aromatic rings. The fourth-order valence-electron chi connectivity index (χ4n) is 2.26. The third-order valence-electron chi connectivity index (χ3n) is 3.36. The molecule has 0 unspecified atom stereocenters. The second-order valence-corrected chi connectivity index (χ2v) is 6.55. The van der Waals surface area contributed by atoms with Crippen molar-refractivity contribution in [2.45, 2.75) is 47.6 Å². The van der Waals surface area contributed by atoms with Crippen LogP contribution in [-0.4, -0.2) is 25.7 Å². The predicted octanol–water partition coefficient (Wildman–Crippen LogP) is 3.85. The van der Waals surface area contributed by atoms with E-state index in [-0.39, 0.29) is 5.41 Å². The van der Waals surface area contributed by atoms with Gasteiger partial charge in [-0.1, -0.05) is 39.8 Å². The zero-order valence-corrected chi connectivity index (χ0v) is 13.5. The number of nitrogens with one attached hydrogen (secondary N) is 1. The van der Waals surface area contributed by atoms with E-state index in [1.165, 1.54) is 11.3 Å². The van der Waals surface area contributed by atoms with Crippen molar-refractivity contribution in [1.29, 1.82) is 0 Å². The number of hydrogen-bond donors (Lipinski definition) is 1. The van der Waals surface area contributed by atoms with Crippen molar-refractivity contribution in [3.63, 3.8) is 0 Å². The third kappa shape index (κ3) is 5.65. The Balaban J connectivity index is 2.70. The Hall–Kier alpha value is -1.02. The van der Waals surface area contributed by atoms with Crippen molar-refractivity contribution in [1.82, 2.24) is 5.32 Å². The smallest absolute Gasteiger partial charge is 0.0368 e. The highest BCUT2D eigenvalue weighted by atomic mass is 15.1. The predicted molar refractivity (Wildman–Crippen MR) is 86.0 cm³/mol. The van der Waals surface area contributed by atoms with Gasteiger partial charge in [0.15, 0.2) is 0 Å². The van der Waals surface area contributed by atoms with E-state index in [2.05, 4.69) is 76.0 Å². The summed E-state index contributed by atoms with van der Waals surface area (Å²) in [5, 5.41) is 3.55. The second kappa shape index (κ2) is 6.95. The lowest BCUT2D eigenvalue weighted by Crippen LogP contribution is -2.42. The molecule has 0 amide bonds. The first-order valence-corrected chi connectivity index (χ1v) is 7.39. The lowest BCUT2D eigenvalue weighted by atomic mass is 9.92. The molecule has 2 heteroatoms. The van der Waals surface area contributed by atoms with Gasteiger partial charge in [-0.15, -0.1) is 0 Å². The van der Waals surface area contributed by atoms with Crippen LogP contribution in [0.4, 0.5) is 5.69 Å². The Kier molecular flexibility index (Phi) is 5.86. The van der Waals surface area contributed by atoms with Gasteiger partial charge in [0.05, 0.1) is 0 Å². The topological polar surface area (TPSA) is 15.3 Å². The van der Waals surface area contributed by atoms with Crippen LogP contribution in [0.1, 0.15) is 40.2 Å². The molecular weight excluding hydrogens is 232 g/mol. The summed E-state index contributed by atoms with van der Waals surface area (Å²) in [4.78, 5) is 2.47. The monoisotopic (exact) mass is 262 g/mol. The number of rotatable bonds is 7. The van der Waals surface area contributed by atoms with Crippen LogP contribution in [-0.2, 0) is 0 Å². The summed E-state index contributed by atoms with van der Waals surface area (Å²) in [6.45, 7) is 16.6. The maximum atomic E-state index is 3.55. The van der Waals surface area contributed by atoms with Gasteiger partial charge in [-0.05, 0) is 37.0 Å². The molecule has 0 aromatic heterocycles. The second-order valence-electron chi connectivity index (χ2n) is 6.55. The van der Waals surface area contributed by atoms with Crippen molar-refractivity contribution in [3.8, 4) is 0 Å². The van der Waals surface area contributed by atoms with Gasteiger partial charge in [-0.3, -0.25) is 0 Å². The van der Waals surface area contributed by atoms with E-state index in [4.69, 9.17) is 0 Å². The van der Waals surface area contributed by atoms with Gasteiger partial charge >= 0.3 is 0 Å². The Morgan fingerprint density at radius 2 is 1.95 bits per heavy atom. The molecule has 108 valence electrons. The quantitative estimate of drug-likeness (QED) is 0.803. The fraction of sp³-hybridized carbons (Fsp3) is 0.647. The van der Waals surface area contributed by atoms with Crippen molar-refractivity contribution < 1.29 is 0 Å². The van der Waals surface area contributed by atoms with Crippen LogP contribution in [0.25, 0.3) is 0 Å². The highest BCUT2D eigenvalue weighted by molar-refractivity contribution is 5.48. The van der Waals surface area contributed by atoms with Crippen LogP contribution in [0.3, 0.4) is 0 Å². The number of hydrogen-bond acceptors (Lipinski definition) is 2. The van der Waals surface area contributed by atoms with E-state index in [0.717, 1.165) is 19.6 Å². The normalized spacial score (nSPS) is 11.9. The first kappa shape index (κ1) is 16.0. The van der Waals surface area contributed by atoms with Crippen molar-refractivity contribution >= 4 is 5.69 Å². The molecule has 0 heterocycles. The van der Waals surface area contributed by atoms with Gasteiger partial charge in [0, 0.05) is 31.4 Å². The van der Waals surface area contributed by atoms with Crippen molar-refractivity contribution in [3.05, 3.63) is 29.8 Å². The molecule has 2 nitrogen and oxygen atoms in total. The SMILES string of the molecule is CCN(CC(C)(C)CNC(C)C)c1cccc(C)c1. The minimum atomic E-state index is 0.268. The van der Waals surface area contributed by atoms with Crippen LogP contribution in [0, 0.1) is 12.3 Å². The van der Waals surface area contributed by atoms with Gasteiger partial charge in [-0.25, -0.2) is 0 Å². The molecule has 0 radical (unpaired) electrons. The maximum Gasteiger partial charge on any atom is 0.0368 e. The number of nitrogens with zero attached hydrogens (tertiary/aromatic N) is 1. The maximum absolute atomic E-state index is 3.55. The lowest BCUT2D eigenvalue weighted by molar-refractivity contribution is 0.330. The van der Waals surface area contributed by atoms with Crippen LogP contribution in [0.2, 0.25) is 0 Å².